The second-order valence-corrected chi connectivity index (χ2v) is 5.33. The van der Waals surface area contributed by atoms with Crippen LogP contribution < -0.4 is 10.6 Å². The van der Waals surface area contributed by atoms with Crippen LogP contribution in [-0.2, 0) is 0 Å². The van der Waals surface area contributed by atoms with Crippen molar-refractivity contribution in [3.05, 3.63) is 41.2 Å². The average Bonchev–Trinajstić information content (AvgIpc) is 2.98. The monoisotopic (exact) mass is 263 g/mol. The van der Waals surface area contributed by atoms with Crippen molar-refractivity contribution in [1.82, 2.24) is 4.98 Å². The molecule has 94 valence electrons. The van der Waals surface area contributed by atoms with Crippen LogP contribution in [-0.4, -0.2) is 11.5 Å². The Hall–Kier alpha value is -1.62. The first-order chi connectivity index (χ1) is 8.74. The Kier molecular flexibility index (Phi) is 2.91. The summed E-state index contributed by atoms with van der Waals surface area (Å²) in [7, 11) is 0. The van der Waals surface area contributed by atoms with Crippen LogP contribution in [0.1, 0.15) is 24.6 Å². The molecular formula is C13H14FN3S. The van der Waals surface area contributed by atoms with E-state index in [-0.39, 0.29) is 11.9 Å². The molecule has 0 spiro atoms. The van der Waals surface area contributed by atoms with E-state index >= 15 is 0 Å². The lowest BCUT2D eigenvalue weighted by Crippen LogP contribution is -2.22. The molecule has 1 fully saturated rings. The highest BCUT2D eigenvalue weighted by molar-refractivity contribution is 7.13. The first-order valence-corrected chi connectivity index (χ1v) is 6.85. The zero-order chi connectivity index (χ0) is 12.5. The number of nitrogens with zero attached hydrogens (tertiary/aromatic N) is 2. The lowest BCUT2D eigenvalue weighted by Gasteiger charge is -2.25. The molecule has 1 aromatic carbocycles. The summed E-state index contributed by atoms with van der Waals surface area (Å²) in [6, 6.07) is 6.91. The summed E-state index contributed by atoms with van der Waals surface area (Å²) in [5.41, 5.74) is 7.76. The third kappa shape index (κ3) is 2.06. The fraction of sp³-hybridized carbons (Fsp3) is 0.308. The molecule has 1 atom stereocenters. The van der Waals surface area contributed by atoms with Gasteiger partial charge in [-0.2, -0.15) is 0 Å². The molecule has 1 saturated heterocycles. The molecule has 0 aliphatic carbocycles. The van der Waals surface area contributed by atoms with E-state index in [1.54, 1.807) is 0 Å². The van der Waals surface area contributed by atoms with E-state index in [0.29, 0.717) is 5.13 Å². The number of aromatic nitrogens is 1. The van der Waals surface area contributed by atoms with Crippen molar-refractivity contribution in [3.8, 4) is 0 Å². The largest absolute Gasteiger partial charge is 0.375 e. The lowest BCUT2D eigenvalue weighted by molar-refractivity contribution is 0.626. The van der Waals surface area contributed by atoms with E-state index in [2.05, 4.69) is 9.88 Å². The molecule has 18 heavy (non-hydrogen) atoms. The van der Waals surface area contributed by atoms with Gasteiger partial charge in [0.1, 0.15) is 5.82 Å². The van der Waals surface area contributed by atoms with Gasteiger partial charge in [-0.3, -0.25) is 0 Å². The van der Waals surface area contributed by atoms with E-state index in [0.717, 1.165) is 30.8 Å². The molecule has 0 saturated carbocycles. The Balaban J connectivity index is 1.89. The van der Waals surface area contributed by atoms with Gasteiger partial charge in [-0.25, -0.2) is 9.37 Å². The molecule has 1 aliphatic rings. The summed E-state index contributed by atoms with van der Waals surface area (Å²) in [5, 5.41) is 2.62. The first kappa shape index (κ1) is 11.5. The summed E-state index contributed by atoms with van der Waals surface area (Å²) in [6.45, 7) is 0.980. The normalized spacial score (nSPS) is 19.4. The van der Waals surface area contributed by atoms with Crippen LogP contribution in [0.5, 0.6) is 0 Å². The van der Waals surface area contributed by atoms with Crippen molar-refractivity contribution >= 4 is 22.2 Å². The molecule has 2 aromatic rings. The quantitative estimate of drug-likeness (QED) is 0.904. The first-order valence-electron chi connectivity index (χ1n) is 5.97. The van der Waals surface area contributed by atoms with Gasteiger partial charge < -0.3 is 10.6 Å². The van der Waals surface area contributed by atoms with E-state index in [1.807, 2.05) is 17.5 Å². The van der Waals surface area contributed by atoms with Crippen LogP contribution in [0.15, 0.2) is 29.6 Å². The maximum atomic E-state index is 13.0. The van der Waals surface area contributed by atoms with Crippen molar-refractivity contribution in [2.75, 3.05) is 17.2 Å². The number of benzene rings is 1. The standard InChI is InChI=1S/C13H14FN3S/c14-9-3-5-10(6-4-9)17-7-1-2-12(17)11-8-18-13(15)16-11/h3-6,8,12H,1-2,7H2,(H2,15,16)/t12-/m1/s1. The summed E-state index contributed by atoms with van der Waals surface area (Å²) >= 11 is 1.47. The SMILES string of the molecule is Nc1nc([C@H]2CCCN2c2ccc(F)cc2)cs1. The number of hydrogen-bond donors (Lipinski definition) is 1. The molecule has 2 N–H and O–H groups in total. The molecule has 1 aliphatic heterocycles. The number of rotatable bonds is 2. The highest BCUT2D eigenvalue weighted by atomic mass is 32.1. The van der Waals surface area contributed by atoms with Gasteiger partial charge in [0.15, 0.2) is 5.13 Å². The van der Waals surface area contributed by atoms with Crippen LogP contribution >= 0.6 is 11.3 Å². The van der Waals surface area contributed by atoms with Gasteiger partial charge in [0.25, 0.3) is 0 Å². The Morgan fingerprint density at radius 2 is 2.11 bits per heavy atom. The van der Waals surface area contributed by atoms with Gasteiger partial charge in [-0.1, -0.05) is 0 Å². The molecule has 3 nitrogen and oxygen atoms in total. The number of nitrogen functional groups attached to an aromatic ring is 1. The zero-order valence-electron chi connectivity index (χ0n) is 9.84. The smallest absolute Gasteiger partial charge is 0.180 e. The number of thiazole rings is 1. The van der Waals surface area contributed by atoms with Crippen LogP contribution in [0.4, 0.5) is 15.2 Å². The van der Waals surface area contributed by atoms with Crippen molar-refractivity contribution in [1.29, 1.82) is 0 Å². The number of anilines is 2. The number of halogens is 1. The van der Waals surface area contributed by atoms with Crippen LogP contribution in [0.3, 0.4) is 0 Å². The van der Waals surface area contributed by atoms with E-state index < -0.39 is 0 Å². The van der Waals surface area contributed by atoms with Gasteiger partial charge >= 0.3 is 0 Å². The summed E-state index contributed by atoms with van der Waals surface area (Å²) in [4.78, 5) is 6.64. The van der Waals surface area contributed by atoms with E-state index in [4.69, 9.17) is 5.73 Å². The van der Waals surface area contributed by atoms with E-state index in [1.165, 1.54) is 23.5 Å². The summed E-state index contributed by atoms with van der Waals surface area (Å²) in [5.74, 6) is -0.201. The maximum Gasteiger partial charge on any atom is 0.180 e. The Morgan fingerprint density at radius 3 is 2.78 bits per heavy atom. The molecule has 0 radical (unpaired) electrons. The maximum absolute atomic E-state index is 13.0. The summed E-state index contributed by atoms with van der Waals surface area (Å²) in [6.07, 6.45) is 2.19. The van der Waals surface area contributed by atoms with Gasteiger partial charge in [0.2, 0.25) is 0 Å². The van der Waals surface area contributed by atoms with Gasteiger partial charge in [0.05, 0.1) is 11.7 Å². The minimum absolute atomic E-state index is 0.201. The highest BCUT2D eigenvalue weighted by Gasteiger charge is 2.27. The van der Waals surface area contributed by atoms with Crippen molar-refractivity contribution < 1.29 is 4.39 Å². The third-order valence-corrected chi connectivity index (χ3v) is 3.98. The molecule has 3 rings (SSSR count). The molecule has 5 heteroatoms. The predicted molar refractivity (Wildman–Crippen MR) is 72.2 cm³/mol. The molecule has 0 unspecified atom stereocenters. The fourth-order valence-electron chi connectivity index (χ4n) is 2.47. The molecule has 0 amide bonds. The zero-order valence-corrected chi connectivity index (χ0v) is 10.7. The Bertz CT molecular complexity index is 537. The topological polar surface area (TPSA) is 42.1 Å². The fourth-order valence-corrected chi connectivity index (χ4v) is 3.08. The highest BCUT2D eigenvalue weighted by Crippen LogP contribution is 2.36. The van der Waals surface area contributed by atoms with E-state index in [9.17, 15) is 4.39 Å². The number of nitrogens with two attached hydrogens (primary N) is 1. The van der Waals surface area contributed by atoms with Crippen molar-refractivity contribution in [2.45, 2.75) is 18.9 Å². The predicted octanol–water partition coefficient (Wildman–Crippen LogP) is 3.21. The Morgan fingerprint density at radius 1 is 1.33 bits per heavy atom. The minimum atomic E-state index is -0.201. The van der Waals surface area contributed by atoms with Crippen molar-refractivity contribution in [3.63, 3.8) is 0 Å². The molecule has 2 heterocycles. The third-order valence-electron chi connectivity index (χ3n) is 3.29. The number of hydrogen-bond acceptors (Lipinski definition) is 4. The van der Waals surface area contributed by atoms with Crippen LogP contribution in [0.2, 0.25) is 0 Å². The second kappa shape index (κ2) is 4.57. The molecular weight excluding hydrogens is 249 g/mol. The molecule has 0 bridgehead atoms. The molecule has 1 aromatic heterocycles. The summed E-state index contributed by atoms with van der Waals surface area (Å²) < 4.78 is 13.0. The average molecular weight is 263 g/mol. The minimum Gasteiger partial charge on any atom is -0.375 e. The van der Waals surface area contributed by atoms with Gasteiger partial charge in [0, 0.05) is 17.6 Å². The second-order valence-electron chi connectivity index (χ2n) is 4.44. The van der Waals surface area contributed by atoms with Crippen LogP contribution in [0, 0.1) is 5.82 Å². The Labute approximate surface area is 109 Å². The van der Waals surface area contributed by atoms with Crippen LogP contribution in [0.25, 0.3) is 0 Å². The van der Waals surface area contributed by atoms with Gasteiger partial charge in [-0.05, 0) is 37.1 Å². The van der Waals surface area contributed by atoms with Gasteiger partial charge in [-0.15, -0.1) is 11.3 Å². The van der Waals surface area contributed by atoms with Crippen molar-refractivity contribution in [2.24, 2.45) is 0 Å². The lowest BCUT2D eigenvalue weighted by atomic mass is 10.1.